The standard InChI is InChI=1S/C31H35F2N7O3S/c1-43-26-18-20-4-5-24(26)34-9-2-3-21-17-25-27(35-11-16-40(25)30(21)44-31(32)33)37-23-7-13-39(14-8-23)29(42)22-6-12-38(19-22)15-10-36-28(20)41/h4-5,11,16-18,22-23,31,34H,6-10,12-15,19H2,1H3,(H,35,37)(H,36,41)/t22-/m1/s1. The Morgan fingerprint density at radius 1 is 1.09 bits per heavy atom. The highest BCUT2D eigenvalue weighted by atomic mass is 32.2. The molecule has 2 saturated heterocycles. The van der Waals surface area contributed by atoms with Crippen LogP contribution in [0.15, 0.2) is 41.7 Å². The number of methoxy groups -OCH3 is 1. The normalized spacial score (nSPS) is 22.6. The number of piperidine rings is 1. The van der Waals surface area contributed by atoms with Crippen molar-refractivity contribution in [1.82, 2.24) is 24.5 Å². The van der Waals surface area contributed by atoms with Crippen molar-refractivity contribution < 1.29 is 23.1 Å². The summed E-state index contributed by atoms with van der Waals surface area (Å²) in [5.41, 5.74) is 2.26. The average molecular weight is 624 g/mol. The van der Waals surface area contributed by atoms with E-state index in [1.165, 1.54) is 7.11 Å². The van der Waals surface area contributed by atoms with E-state index in [1.54, 1.807) is 41.1 Å². The Kier molecular flexibility index (Phi) is 9.09. The van der Waals surface area contributed by atoms with Crippen molar-refractivity contribution in [1.29, 1.82) is 0 Å². The van der Waals surface area contributed by atoms with Crippen molar-refractivity contribution in [2.24, 2.45) is 5.92 Å². The minimum absolute atomic E-state index is 0.0459. The van der Waals surface area contributed by atoms with E-state index in [-0.39, 0.29) is 30.3 Å². The van der Waals surface area contributed by atoms with Gasteiger partial charge >= 0.3 is 0 Å². The Morgan fingerprint density at radius 2 is 1.93 bits per heavy atom. The number of anilines is 2. The molecule has 2 aromatic heterocycles. The van der Waals surface area contributed by atoms with Crippen LogP contribution in [-0.2, 0) is 4.79 Å². The highest BCUT2D eigenvalue weighted by Crippen LogP contribution is 2.33. The van der Waals surface area contributed by atoms with Crippen molar-refractivity contribution in [2.75, 3.05) is 63.6 Å². The van der Waals surface area contributed by atoms with E-state index in [0.29, 0.717) is 83.4 Å². The number of carbonyl (C=O) groups excluding carboxylic acids is 2. The molecule has 0 radical (unpaired) electrons. The molecule has 1 aromatic carbocycles. The lowest BCUT2D eigenvalue weighted by molar-refractivity contribution is -0.136. The molecule has 6 aliphatic rings. The maximum atomic E-state index is 13.6. The molecule has 8 heterocycles. The van der Waals surface area contributed by atoms with Crippen LogP contribution in [0.4, 0.5) is 20.3 Å². The van der Waals surface area contributed by atoms with Crippen LogP contribution in [0.5, 0.6) is 5.75 Å². The maximum Gasteiger partial charge on any atom is 0.290 e. The molecule has 232 valence electrons. The highest BCUT2D eigenvalue weighted by molar-refractivity contribution is 7.99. The summed E-state index contributed by atoms with van der Waals surface area (Å²) in [4.78, 5) is 34.9. The third-order valence-electron chi connectivity index (χ3n) is 8.39. The molecule has 0 aliphatic carbocycles. The van der Waals surface area contributed by atoms with Crippen LogP contribution in [0.1, 0.15) is 35.2 Å². The average Bonchev–Trinajstić information content (AvgIpc) is 3.64. The van der Waals surface area contributed by atoms with Crippen LogP contribution in [0, 0.1) is 17.8 Å². The summed E-state index contributed by atoms with van der Waals surface area (Å²) in [7, 11) is 1.53. The number of halogens is 2. The summed E-state index contributed by atoms with van der Waals surface area (Å²) >= 11 is 0.449. The molecule has 1 unspecified atom stereocenters. The SMILES string of the molecule is COc1cc2ccc1NCC#Cc1cc3c(nccn3c1SC(F)F)NC1CCN(CC1)C(=O)[C@@H]1CCN(CCNC2=O)C1. The van der Waals surface area contributed by atoms with Gasteiger partial charge in [-0.25, -0.2) is 4.98 Å². The second-order valence-corrected chi connectivity index (χ2v) is 12.1. The van der Waals surface area contributed by atoms with Gasteiger partial charge in [-0.1, -0.05) is 11.8 Å². The van der Waals surface area contributed by atoms with Crippen molar-refractivity contribution in [3.05, 3.63) is 47.8 Å². The monoisotopic (exact) mass is 623 g/mol. The second kappa shape index (κ2) is 13.3. The lowest BCUT2D eigenvalue weighted by Gasteiger charge is -2.34. The number of hydrogen-bond acceptors (Lipinski definition) is 8. The van der Waals surface area contributed by atoms with Crippen LogP contribution in [0.25, 0.3) is 5.52 Å². The number of hydrogen-bond donors (Lipinski definition) is 3. The molecule has 6 aliphatic heterocycles. The summed E-state index contributed by atoms with van der Waals surface area (Å²) in [5, 5.41) is 10.0. The van der Waals surface area contributed by atoms with Crippen molar-refractivity contribution in [3.8, 4) is 17.6 Å². The van der Waals surface area contributed by atoms with Gasteiger partial charge in [0.1, 0.15) is 10.8 Å². The number of amides is 2. The number of nitrogens with one attached hydrogen (secondary N) is 3. The zero-order valence-electron chi connectivity index (χ0n) is 24.4. The molecule has 8 bridgehead atoms. The largest absolute Gasteiger partial charge is 0.495 e. The Labute approximate surface area is 258 Å². The van der Waals surface area contributed by atoms with E-state index >= 15 is 0 Å². The minimum atomic E-state index is -2.62. The fourth-order valence-electron chi connectivity index (χ4n) is 6.10. The van der Waals surface area contributed by atoms with Crippen LogP contribution in [0.2, 0.25) is 0 Å². The summed E-state index contributed by atoms with van der Waals surface area (Å²) in [6.45, 7) is 4.17. The molecule has 10 nitrogen and oxygen atoms in total. The topological polar surface area (TPSA) is 103 Å². The first-order valence-electron chi connectivity index (χ1n) is 14.8. The zero-order valence-corrected chi connectivity index (χ0v) is 25.3. The summed E-state index contributed by atoms with van der Waals surface area (Å²) in [5.74, 6) is 4.48. The van der Waals surface area contributed by atoms with Crippen molar-refractivity contribution in [3.63, 3.8) is 0 Å². The molecule has 9 rings (SSSR count). The van der Waals surface area contributed by atoms with Gasteiger partial charge in [0.2, 0.25) is 5.91 Å². The second-order valence-electron chi connectivity index (χ2n) is 11.1. The fourth-order valence-corrected chi connectivity index (χ4v) is 6.78. The number of ether oxygens (including phenoxy) is 1. The molecule has 44 heavy (non-hydrogen) atoms. The molecule has 2 atom stereocenters. The van der Waals surface area contributed by atoms with E-state index in [2.05, 4.69) is 37.7 Å². The van der Waals surface area contributed by atoms with Gasteiger partial charge in [0, 0.05) is 56.7 Å². The Balaban J connectivity index is 1.29. The third kappa shape index (κ3) is 6.56. The number of aromatic nitrogens is 2. The van der Waals surface area contributed by atoms with E-state index < -0.39 is 5.76 Å². The van der Waals surface area contributed by atoms with Crippen LogP contribution in [0.3, 0.4) is 0 Å². The first kappa shape index (κ1) is 30.0. The quantitative estimate of drug-likeness (QED) is 0.301. The summed E-state index contributed by atoms with van der Waals surface area (Å²) in [6.07, 6.45) is 5.59. The van der Waals surface area contributed by atoms with E-state index in [4.69, 9.17) is 4.74 Å². The van der Waals surface area contributed by atoms with E-state index in [0.717, 1.165) is 25.8 Å². The predicted molar refractivity (Wildman–Crippen MR) is 166 cm³/mol. The Morgan fingerprint density at radius 3 is 2.73 bits per heavy atom. The highest BCUT2D eigenvalue weighted by Gasteiger charge is 2.33. The Hall–Kier alpha value is -4.02. The van der Waals surface area contributed by atoms with Gasteiger partial charge in [-0.3, -0.25) is 9.59 Å². The molecular weight excluding hydrogens is 588 g/mol. The van der Waals surface area contributed by atoms with Gasteiger partial charge in [-0.2, -0.15) is 8.78 Å². The molecule has 0 saturated carbocycles. The minimum Gasteiger partial charge on any atom is -0.495 e. The van der Waals surface area contributed by atoms with E-state index in [1.807, 2.05) is 4.90 Å². The van der Waals surface area contributed by atoms with Gasteiger partial charge < -0.3 is 34.9 Å². The first-order chi connectivity index (χ1) is 21.4. The number of nitrogens with zero attached hydrogens (tertiary/aromatic N) is 4. The molecular formula is C31H35F2N7O3S. The maximum absolute atomic E-state index is 13.6. The van der Waals surface area contributed by atoms with Crippen LogP contribution in [-0.4, -0.2) is 95.7 Å². The van der Waals surface area contributed by atoms with Gasteiger partial charge in [0.15, 0.2) is 5.82 Å². The number of alkyl halides is 2. The summed E-state index contributed by atoms with van der Waals surface area (Å²) < 4.78 is 34.4. The number of benzene rings is 1. The number of carbonyl (C=O) groups is 2. The fraction of sp³-hybridized carbons (Fsp3) is 0.452. The smallest absolute Gasteiger partial charge is 0.290 e. The third-order valence-corrected chi connectivity index (χ3v) is 9.21. The Bertz CT molecular complexity index is 1600. The molecule has 3 aromatic rings. The zero-order chi connectivity index (χ0) is 30.6. The first-order valence-corrected chi connectivity index (χ1v) is 15.7. The molecule has 2 amide bonds. The van der Waals surface area contributed by atoms with Gasteiger partial charge in [0.25, 0.3) is 11.7 Å². The van der Waals surface area contributed by atoms with E-state index in [9.17, 15) is 18.4 Å². The van der Waals surface area contributed by atoms with Crippen LogP contribution >= 0.6 is 11.8 Å². The van der Waals surface area contributed by atoms with Crippen LogP contribution < -0.4 is 20.7 Å². The van der Waals surface area contributed by atoms with Gasteiger partial charge in [-0.05, 0) is 61.8 Å². The van der Waals surface area contributed by atoms with Crippen molar-refractivity contribution >= 4 is 40.6 Å². The molecule has 2 fully saturated rings. The molecule has 0 spiro atoms. The lowest BCUT2D eigenvalue weighted by Crippen LogP contribution is -2.45. The molecule has 13 heteroatoms. The van der Waals surface area contributed by atoms with Gasteiger partial charge in [0.05, 0.1) is 36.3 Å². The lowest BCUT2D eigenvalue weighted by atomic mass is 10.0. The predicted octanol–water partition coefficient (Wildman–Crippen LogP) is 3.59. The van der Waals surface area contributed by atoms with Crippen molar-refractivity contribution in [2.45, 2.75) is 36.1 Å². The summed E-state index contributed by atoms with van der Waals surface area (Å²) in [6, 6.07) is 7.01. The number of thioether (sulfide) groups is 1. The number of rotatable bonds is 3. The molecule has 3 N–H and O–H groups in total. The van der Waals surface area contributed by atoms with Gasteiger partial charge in [-0.15, -0.1) is 0 Å².